The molecule has 1 N–H and O–H groups in total. The number of hydrogen-bond acceptors (Lipinski definition) is 2. The van der Waals surface area contributed by atoms with Gasteiger partial charge in [0.2, 0.25) is 0 Å². The Morgan fingerprint density at radius 2 is 2.17 bits per heavy atom. The Bertz CT molecular complexity index is 149. The molecule has 0 saturated heterocycles. The molecule has 1 fully saturated rings. The van der Waals surface area contributed by atoms with Gasteiger partial charge in [-0.1, -0.05) is 13.8 Å². The summed E-state index contributed by atoms with van der Waals surface area (Å²) in [4.78, 5) is 0. The lowest BCUT2D eigenvalue weighted by Gasteiger charge is -2.53. The van der Waals surface area contributed by atoms with Gasteiger partial charge in [0, 0.05) is 18.1 Å². The standard InChI is InChI=1S/C10H21NO/c1-5-10(3)8(11-4)7-9(10)12-6-2/h8-9,11H,5-7H2,1-4H3. The lowest BCUT2D eigenvalue weighted by Crippen LogP contribution is -2.61. The third-order valence-corrected chi connectivity index (χ3v) is 3.46. The first-order valence-corrected chi connectivity index (χ1v) is 4.97. The van der Waals surface area contributed by atoms with E-state index >= 15 is 0 Å². The van der Waals surface area contributed by atoms with E-state index in [9.17, 15) is 0 Å². The van der Waals surface area contributed by atoms with Gasteiger partial charge in [-0.25, -0.2) is 0 Å². The van der Waals surface area contributed by atoms with Crippen LogP contribution in [0.15, 0.2) is 0 Å². The van der Waals surface area contributed by atoms with Crippen LogP contribution in [0.25, 0.3) is 0 Å². The molecule has 1 aliphatic rings. The van der Waals surface area contributed by atoms with Gasteiger partial charge in [-0.3, -0.25) is 0 Å². The Morgan fingerprint density at radius 1 is 1.50 bits per heavy atom. The smallest absolute Gasteiger partial charge is 0.0658 e. The SMILES string of the molecule is CCOC1CC(NC)C1(C)CC. The van der Waals surface area contributed by atoms with Crippen LogP contribution in [0.5, 0.6) is 0 Å². The molecule has 72 valence electrons. The van der Waals surface area contributed by atoms with E-state index < -0.39 is 0 Å². The number of ether oxygens (including phenoxy) is 1. The highest BCUT2D eigenvalue weighted by molar-refractivity contribution is 5.04. The molecule has 0 aromatic rings. The Balaban J connectivity index is 2.50. The molecule has 2 nitrogen and oxygen atoms in total. The van der Waals surface area contributed by atoms with Crippen LogP contribution in [0.4, 0.5) is 0 Å². The molecule has 1 rings (SSSR count). The molecule has 3 atom stereocenters. The van der Waals surface area contributed by atoms with Crippen molar-refractivity contribution >= 4 is 0 Å². The van der Waals surface area contributed by atoms with Crippen molar-refractivity contribution < 1.29 is 4.74 Å². The fourth-order valence-corrected chi connectivity index (χ4v) is 2.20. The Morgan fingerprint density at radius 3 is 2.58 bits per heavy atom. The van der Waals surface area contributed by atoms with Crippen LogP contribution in [0.2, 0.25) is 0 Å². The second kappa shape index (κ2) is 3.75. The molecule has 0 spiro atoms. The van der Waals surface area contributed by atoms with Crippen molar-refractivity contribution in [2.75, 3.05) is 13.7 Å². The Labute approximate surface area is 75.7 Å². The number of rotatable bonds is 4. The van der Waals surface area contributed by atoms with E-state index in [0.717, 1.165) is 6.61 Å². The summed E-state index contributed by atoms with van der Waals surface area (Å²) in [5.74, 6) is 0. The summed E-state index contributed by atoms with van der Waals surface area (Å²) < 4.78 is 5.68. The van der Waals surface area contributed by atoms with Gasteiger partial charge in [-0.05, 0) is 26.8 Å². The Hall–Kier alpha value is -0.0800. The maximum Gasteiger partial charge on any atom is 0.0658 e. The van der Waals surface area contributed by atoms with Gasteiger partial charge in [0.15, 0.2) is 0 Å². The quantitative estimate of drug-likeness (QED) is 0.696. The molecule has 0 aromatic carbocycles. The summed E-state index contributed by atoms with van der Waals surface area (Å²) in [6, 6.07) is 0.652. The summed E-state index contributed by atoms with van der Waals surface area (Å²) in [6.45, 7) is 7.48. The van der Waals surface area contributed by atoms with Gasteiger partial charge in [-0.2, -0.15) is 0 Å². The molecule has 0 bridgehead atoms. The highest BCUT2D eigenvalue weighted by Crippen LogP contribution is 2.45. The van der Waals surface area contributed by atoms with Crippen LogP contribution in [-0.4, -0.2) is 25.8 Å². The molecule has 2 heteroatoms. The van der Waals surface area contributed by atoms with Crippen molar-refractivity contribution in [2.24, 2.45) is 5.41 Å². The topological polar surface area (TPSA) is 21.3 Å². The van der Waals surface area contributed by atoms with Crippen LogP contribution < -0.4 is 5.32 Å². The monoisotopic (exact) mass is 171 g/mol. The highest BCUT2D eigenvalue weighted by Gasteiger charge is 2.50. The van der Waals surface area contributed by atoms with E-state index in [1.807, 2.05) is 7.05 Å². The highest BCUT2D eigenvalue weighted by atomic mass is 16.5. The van der Waals surface area contributed by atoms with Gasteiger partial charge in [0.05, 0.1) is 6.10 Å². The van der Waals surface area contributed by atoms with Crippen LogP contribution >= 0.6 is 0 Å². The van der Waals surface area contributed by atoms with Crippen LogP contribution in [0.1, 0.15) is 33.6 Å². The molecular weight excluding hydrogens is 150 g/mol. The van der Waals surface area contributed by atoms with Crippen molar-refractivity contribution in [3.8, 4) is 0 Å². The number of hydrogen-bond donors (Lipinski definition) is 1. The van der Waals surface area contributed by atoms with Gasteiger partial charge >= 0.3 is 0 Å². The van der Waals surface area contributed by atoms with Crippen molar-refractivity contribution in [1.82, 2.24) is 5.32 Å². The van der Waals surface area contributed by atoms with Crippen molar-refractivity contribution in [1.29, 1.82) is 0 Å². The molecular formula is C10H21NO. The van der Waals surface area contributed by atoms with Gasteiger partial charge < -0.3 is 10.1 Å². The molecule has 3 unspecified atom stereocenters. The second-order valence-corrected chi connectivity index (χ2v) is 3.88. The zero-order valence-electron chi connectivity index (χ0n) is 8.68. The molecule has 1 aliphatic carbocycles. The molecule has 0 amide bonds. The summed E-state index contributed by atoms with van der Waals surface area (Å²) in [5, 5.41) is 3.35. The average Bonchev–Trinajstić information content (AvgIpc) is 2.10. The predicted molar refractivity (Wildman–Crippen MR) is 51.3 cm³/mol. The third kappa shape index (κ3) is 1.38. The lowest BCUT2D eigenvalue weighted by atomic mass is 9.61. The summed E-state index contributed by atoms with van der Waals surface area (Å²) >= 11 is 0. The van der Waals surface area contributed by atoms with Crippen molar-refractivity contribution in [3.05, 3.63) is 0 Å². The first-order valence-electron chi connectivity index (χ1n) is 4.97. The zero-order chi connectivity index (χ0) is 9.19. The van der Waals surface area contributed by atoms with Gasteiger partial charge in [0.25, 0.3) is 0 Å². The van der Waals surface area contributed by atoms with E-state index in [2.05, 4.69) is 26.1 Å². The van der Waals surface area contributed by atoms with E-state index in [1.165, 1.54) is 12.8 Å². The molecule has 12 heavy (non-hydrogen) atoms. The molecule has 0 aliphatic heterocycles. The minimum absolute atomic E-state index is 0.366. The summed E-state index contributed by atoms with van der Waals surface area (Å²) in [5.41, 5.74) is 0.366. The predicted octanol–water partition coefficient (Wildman–Crippen LogP) is 1.80. The molecule has 1 saturated carbocycles. The fraction of sp³-hybridized carbons (Fsp3) is 1.00. The van der Waals surface area contributed by atoms with E-state index in [0.29, 0.717) is 17.6 Å². The van der Waals surface area contributed by atoms with Crippen molar-refractivity contribution in [3.63, 3.8) is 0 Å². The van der Waals surface area contributed by atoms with Crippen molar-refractivity contribution in [2.45, 2.75) is 45.8 Å². The van der Waals surface area contributed by atoms with Gasteiger partial charge in [-0.15, -0.1) is 0 Å². The van der Waals surface area contributed by atoms with Crippen LogP contribution in [-0.2, 0) is 4.74 Å². The maximum absolute atomic E-state index is 5.68. The normalized spacial score (nSPS) is 41.0. The van der Waals surface area contributed by atoms with Crippen LogP contribution in [0, 0.1) is 5.41 Å². The molecule has 0 heterocycles. The first-order chi connectivity index (χ1) is 5.69. The van der Waals surface area contributed by atoms with E-state index in [1.54, 1.807) is 0 Å². The minimum Gasteiger partial charge on any atom is -0.378 e. The van der Waals surface area contributed by atoms with Crippen LogP contribution in [0.3, 0.4) is 0 Å². The first kappa shape index (κ1) is 10.0. The summed E-state index contributed by atoms with van der Waals surface area (Å²) in [7, 11) is 2.04. The Kier molecular flexibility index (Phi) is 3.13. The summed E-state index contributed by atoms with van der Waals surface area (Å²) in [6.07, 6.45) is 2.85. The maximum atomic E-state index is 5.68. The van der Waals surface area contributed by atoms with Gasteiger partial charge in [0.1, 0.15) is 0 Å². The second-order valence-electron chi connectivity index (χ2n) is 3.88. The minimum atomic E-state index is 0.366. The average molecular weight is 171 g/mol. The largest absolute Gasteiger partial charge is 0.378 e. The molecule has 0 radical (unpaired) electrons. The van der Waals surface area contributed by atoms with E-state index in [4.69, 9.17) is 4.74 Å². The third-order valence-electron chi connectivity index (χ3n) is 3.46. The van der Waals surface area contributed by atoms with E-state index in [-0.39, 0.29) is 0 Å². The molecule has 0 aromatic heterocycles. The fourth-order valence-electron chi connectivity index (χ4n) is 2.20. The lowest BCUT2D eigenvalue weighted by molar-refractivity contribution is -0.123. The number of nitrogens with one attached hydrogen (secondary N) is 1. The zero-order valence-corrected chi connectivity index (χ0v) is 8.68.